The first-order chi connectivity index (χ1) is 8.10. The van der Waals surface area contributed by atoms with Crippen molar-refractivity contribution in [2.45, 2.75) is 32.8 Å². The molecule has 1 heterocycles. The van der Waals surface area contributed by atoms with Crippen LogP contribution in [-0.4, -0.2) is 23.7 Å². The predicted octanol–water partition coefficient (Wildman–Crippen LogP) is 2.46. The minimum atomic E-state index is -0.528. The van der Waals surface area contributed by atoms with E-state index in [0.29, 0.717) is 5.56 Å². The van der Waals surface area contributed by atoms with E-state index in [0.717, 1.165) is 12.8 Å². The van der Waals surface area contributed by atoms with Gasteiger partial charge in [0.1, 0.15) is 0 Å². The molecule has 1 atom stereocenters. The van der Waals surface area contributed by atoms with Crippen molar-refractivity contribution in [2.24, 2.45) is 5.92 Å². The fraction of sp³-hybridized carbons (Fsp3) is 0.583. The van der Waals surface area contributed by atoms with Crippen molar-refractivity contribution >= 4 is 17.5 Å². The van der Waals surface area contributed by atoms with Crippen molar-refractivity contribution in [2.75, 3.05) is 6.54 Å². The number of hydrogen-bond acceptors (Lipinski definition) is 3. The van der Waals surface area contributed by atoms with E-state index in [9.17, 15) is 9.90 Å². The molecule has 2 N–H and O–H groups in total. The van der Waals surface area contributed by atoms with E-state index in [1.54, 1.807) is 0 Å². The van der Waals surface area contributed by atoms with Gasteiger partial charge in [0.2, 0.25) is 5.22 Å². The highest BCUT2D eigenvalue weighted by molar-refractivity contribution is 6.32. The van der Waals surface area contributed by atoms with E-state index in [1.807, 2.05) is 13.8 Å². The van der Waals surface area contributed by atoms with Gasteiger partial charge in [-0.05, 0) is 23.6 Å². The molecule has 1 aromatic heterocycles. The third-order valence-corrected chi connectivity index (χ3v) is 3.22. The summed E-state index contributed by atoms with van der Waals surface area (Å²) in [6, 6.07) is 1.50. The molecule has 0 radical (unpaired) electrons. The van der Waals surface area contributed by atoms with E-state index in [2.05, 4.69) is 5.32 Å². The maximum atomic E-state index is 11.7. The van der Waals surface area contributed by atoms with Gasteiger partial charge in [0.05, 0.1) is 17.9 Å². The SMILES string of the molecule is CCC(CC)C(O)CNC(=O)c1ccoc1Cl. The van der Waals surface area contributed by atoms with Crippen molar-refractivity contribution in [3.05, 3.63) is 23.1 Å². The Morgan fingerprint density at radius 3 is 2.65 bits per heavy atom. The highest BCUT2D eigenvalue weighted by atomic mass is 35.5. The second-order valence-electron chi connectivity index (χ2n) is 3.96. The van der Waals surface area contributed by atoms with Crippen molar-refractivity contribution in [3.8, 4) is 0 Å². The lowest BCUT2D eigenvalue weighted by Crippen LogP contribution is -2.36. The summed E-state index contributed by atoms with van der Waals surface area (Å²) in [4.78, 5) is 11.7. The van der Waals surface area contributed by atoms with Gasteiger partial charge in [0.25, 0.3) is 5.91 Å². The van der Waals surface area contributed by atoms with E-state index in [4.69, 9.17) is 16.0 Å². The molecular formula is C12H18ClNO3. The van der Waals surface area contributed by atoms with Gasteiger partial charge >= 0.3 is 0 Å². The third kappa shape index (κ3) is 3.75. The lowest BCUT2D eigenvalue weighted by atomic mass is 9.96. The Labute approximate surface area is 106 Å². The summed E-state index contributed by atoms with van der Waals surface area (Å²) in [5, 5.41) is 12.6. The average Bonchev–Trinajstić information content (AvgIpc) is 2.74. The lowest BCUT2D eigenvalue weighted by Gasteiger charge is -2.20. The predicted molar refractivity (Wildman–Crippen MR) is 66.1 cm³/mol. The van der Waals surface area contributed by atoms with Crippen LogP contribution < -0.4 is 5.32 Å². The van der Waals surface area contributed by atoms with Crippen molar-refractivity contribution < 1.29 is 14.3 Å². The molecule has 0 saturated carbocycles. The summed E-state index contributed by atoms with van der Waals surface area (Å²) in [7, 11) is 0. The Balaban J connectivity index is 2.46. The molecule has 0 aliphatic heterocycles. The molecule has 17 heavy (non-hydrogen) atoms. The van der Waals surface area contributed by atoms with E-state index >= 15 is 0 Å². The Morgan fingerprint density at radius 1 is 1.53 bits per heavy atom. The molecule has 4 nitrogen and oxygen atoms in total. The number of carbonyl (C=O) groups is 1. The zero-order valence-electron chi connectivity index (χ0n) is 10.1. The fourth-order valence-electron chi connectivity index (χ4n) is 1.75. The van der Waals surface area contributed by atoms with Crippen LogP contribution in [0.4, 0.5) is 0 Å². The normalized spacial score (nSPS) is 12.8. The van der Waals surface area contributed by atoms with Crippen LogP contribution in [0, 0.1) is 5.92 Å². The molecule has 5 heteroatoms. The maximum Gasteiger partial charge on any atom is 0.256 e. The van der Waals surface area contributed by atoms with Crippen LogP contribution in [0.3, 0.4) is 0 Å². The van der Waals surface area contributed by atoms with Gasteiger partial charge in [0, 0.05) is 6.54 Å². The largest absolute Gasteiger partial charge is 0.452 e. The van der Waals surface area contributed by atoms with Crippen molar-refractivity contribution in [1.29, 1.82) is 0 Å². The number of rotatable bonds is 6. The molecular weight excluding hydrogens is 242 g/mol. The number of amides is 1. The summed E-state index contributed by atoms with van der Waals surface area (Å²) in [6.45, 7) is 4.27. The summed E-state index contributed by atoms with van der Waals surface area (Å²) >= 11 is 5.68. The van der Waals surface area contributed by atoms with Crippen LogP contribution in [0.2, 0.25) is 5.22 Å². The second kappa shape index (κ2) is 6.67. The molecule has 1 rings (SSSR count). The van der Waals surface area contributed by atoms with Crippen LogP contribution in [0.15, 0.2) is 16.7 Å². The van der Waals surface area contributed by atoms with Gasteiger partial charge in [-0.15, -0.1) is 0 Å². The number of halogens is 1. The number of carbonyl (C=O) groups excluding carboxylic acids is 1. The first-order valence-corrected chi connectivity index (χ1v) is 6.17. The number of aliphatic hydroxyl groups is 1. The first-order valence-electron chi connectivity index (χ1n) is 5.79. The third-order valence-electron chi connectivity index (χ3n) is 2.93. The Hall–Kier alpha value is -1.00. The van der Waals surface area contributed by atoms with Gasteiger partial charge in [-0.3, -0.25) is 4.79 Å². The second-order valence-corrected chi connectivity index (χ2v) is 4.31. The number of hydrogen-bond donors (Lipinski definition) is 2. The zero-order valence-corrected chi connectivity index (χ0v) is 10.8. The minimum absolute atomic E-state index is 0.0690. The minimum Gasteiger partial charge on any atom is -0.452 e. The number of nitrogens with one attached hydrogen (secondary N) is 1. The highest BCUT2D eigenvalue weighted by Crippen LogP contribution is 2.17. The summed E-state index contributed by atoms with van der Waals surface area (Å²) in [5.74, 6) is -0.121. The molecule has 96 valence electrons. The quantitative estimate of drug-likeness (QED) is 0.825. The van der Waals surface area contributed by atoms with Gasteiger partial charge in [0.15, 0.2) is 0 Å². The average molecular weight is 260 g/mol. The standard InChI is InChI=1S/C12H18ClNO3/c1-3-8(4-2)10(15)7-14-12(16)9-5-6-17-11(9)13/h5-6,8,10,15H,3-4,7H2,1-2H3,(H,14,16). The molecule has 1 aromatic rings. The van der Waals surface area contributed by atoms with Gasteiger partial charge in [-0.25, -0.2) is 0 Å². The highest BCUT2D eigenvalue weighted by Gasteiger charge is 2.18. The zero-order chi connectivity index (χ0) is 12.8. The van der Waals surface area contributed by atoms with Crippen LogP contribution in [-0.2, 0) is 0 Å². The molecule has 0 fully saturated rings. The molecule has 0 aliphatic carbocycles. The van der Waals surface area contributed by atoms with Crippen LogP contribution in [0.25, 0.3) is 0 Å². The molecule has 0 aliphatic rings. The molecule has 0 bridgehead atoms. The van der Waals surface area contributed by atoms with Crippen LogP contribution in [0.1, 0.15) is 37.0 Å². The van der Waals surface area contributed by atoms with Gasteiger partial charge in [-0.2, -0.15) is 0 Å². The number of aliphatic hydroxyl groups excluding tert-OH is 1. The van der Waals surface area contributed by atoms with Crippen molar-refractivity contribution in [3.63, 3.8) is 0 Å². The van der Waals surface area contributed by atoms with Gasteiger partial charge in [-0.1, -0.05) is 26.7 Å². The lowest BCUT2D eigenvalue weighted by molar-refractivity contribution is 0.0816. The monoisotopic (exact) mass is 259 g/mol. The number of furan rings is 1. The summed E-state index contributed by atoms with van der Waals surface area (Å²) in [6.07, 6.45) is 2.61. The topological polar surface area (TPSA) is 62.5 Å². The Bertz CT molecular complexity index is 360. The van der Waals surface area contributed by atoms with Crippen LogP contribution in [0.5, 0.6) is 0 Å². The Kier molecular flexibility index (Phi) is 5.51. The van der Waals surface area contributed by atoms with Crippen molar-refractivity contribution in [1.82, 2.24) is 5.32 Å². The summed E-state index contributed by atoms with van der Waals surface area (Å²) < 4.78 is 4.82. The molecule has 0 saturated heterocycles. The maximum absolute atomic E-state index is 11.7. The molecule has 0 spiro atoms. The Morgan fingerprint density at radius 2 is 2.18 bits per heavy atom. The smallest absolute Gasteiger partial charge is 0.256 e. The van der Waals surface area contributed by atoms with Crippen LogP contribution >= 0.6 is 11.6 Å². The molecule has 1 unspecified atom stereocenters. The van der Waals surface area contributed by atoms with Gasteiger partial charge < -0.3 is 14.8 Å². The molecule has 1 amide bonds. The van der Waals surface area contributed by atoms with E-state index < -0.39 is 6.10 Å². The summed E-state index contributed by atoms with van der Waals surface area (Å²) in [5.41, 5.74) is 0.295. The molecule has 0 aromatic carbocycles. The fourth-order valence-corrected chi connectivity index (χ4v) is 1.95. The van der Waals surface area contributed by atoms with E-state index in [-0.39, 0.29) is 23.6 Å². The first kappa shape index (κ1) is 14.1. The van der Waals surface area contributed by atoms with E-state index in [1.165, 1.54) is 12.3 Å².